The van der Waals surface area contributed by atoms with Crippen LogP contribution in [0.25, 0.3) is 0 Å². The van der Waals surface area contributed by atoms with Crippen LogP contribution in [0.1, 0.15) is 10.4 Å². The Morgan fingerprint density at radius 2 is 1.94 bits per heavy atom. The van der Waals surface area contributed by atoms with Gasteiger partial charge >= 0.3 is 5.97 Å². The minimum absolute atomic E-state index is 0.380. The third-order valence-electron chi connectivity index (χ3n) is 2.03. The number of nitrogens with one attached hydrogen (secondary N) is 1. The van der Waals surface area contributed by atoms with Crippen LogP contribution in [-0.2, 0) is 13.6 Å². The molecule has 0 atom stereocenters. The zero-order chi connectivity index (χ0) is 13.6. The predicted molar refractivity (Wildman–Crippen MR) is 73.6 cm³/mol. The Morgan fingerprint density at radius 1 is 1.33 bits per heavy atom. The Kier molecular flexibility index (Phi) is 5.49. The Hall–Kier alpha value is -1.21. The zero-order valence-electron chi connectivity index (χ0n) is 10.2. The number of ether oxygens (including phenoxy) is 1. The van der Waals surface area contributed by atoms with Crippen molar-refractivity contribution in [2.45, 2.75) is 0 Å². The van der Waals surface area contributed by atoms with E-state index in [1.807, 2.05) is 0 Å². The number of methoxy groups -OCH3 is 1. The summed E-state index contributed by atoms with van der Waals surface area (Å²) < 4.78 is 26.3. The highest BCUT2D eigenvalue weighted by atomic mass is 33.1. The Morgan fingerprint density at radius 3 is 2.44 bits per heavy atom. The van der Waals surface area contributed by atoms with Crippen molar-refractivity contribution in [1.29, 1.82) is 0 Å². The number of benzene rings is 1. The fourth-order valence-corrected chi connectivity index (χ4v) is 2.88. The van der Waals surface area contributed by atoms with E-state index >= 15 is 0 Å². The molecule has 0 bridgehead atoms. The van der Waals surface area contributed by atoms with Crippen molar-refractivity contribution in [2.24, 2.45) is 0 Å². The lowest BCUT2D eigenvalue weighted by molar-refractivity contribution is 0.0601. The summed E-state index contributed by atoms with van der Waals surface area (Å²) in [4.78, 5) is 11.2. The lowest BCUT2D eigenvalue weighted by Gasteiger charge is -2.06. The molecular weight excluding hydrogens is 274 g/mol. The van der Waals surface area contributed by atoms with E-state index in [2.05, 4.69) is 10.1 Å². The van der Waals surface area contributed by atoms with E-state index in [4.69, 9.17) is 0 Å². The van der Waals surface area contributed by atoms with E-state index in [9.17, 15) is 13.2 Å². The van der Waals surface area contributed by atoms with Crippen LogP contribution < -0.4 is 5.32 Å². The largest absolute Gasteiger partial charge is 0.465 e. The van der Waals surface area contributed by atoms with Crippen molar-refractivity contribution in [1.82, 2.24) is 0 Å². The topological polar surface area (TPSA) is 72.5 Å². The molecule has 1 rings (SSSR count). The minimum atomic E-state index is -2.98. The summed E-state index contributed by atoms with van der Waals surface area (Å²) in [5, 5.41) is 3.06. The molecule has 0 fully saturated rings. The molecule has 1 N–H and O–H groups in total. The molecule has 100 valence electrons. The molecule has 0 aromatic heterocycles. The van der Waals surface area contributed by atoms with Crippen molar-refractivity contribution in [3.8, 4) is 0 Å². The first-order valence-electron chi connectivity index (χ1n) is 5.19. The van der Waals surface area contributed by atoms with Crippen molar-refractivity contribution < 1.29 is 17.9 Å². The molecule has 0 aliphatic carbocycles. The second kappa shape index (κ2) is 6.65. The Labute approximate surface area is 110 Å². The van der Waals surface area contributed by atoms with Crippen molar-refractivity contribution >= 4 is 31.3 Å². The number of anilines is 1. The lowest BCUT2D eigenvalue weighted by atomic mass is 10.2. The number of carbonyl (C=O) groups excluding carboxylic acids is 1. The molecule has 0 unspecified atom stereocenters. The molecule has 0 aliphatic heterocycles. The van der Waals surface area contributed by atoms with Gasteiger partial charge in [-0.05, 0) is 35.1 Å². The third-order valence-corrected chi connectivity index (χ3v) is 4.62. The molecule has 0 saturated carbocycles. The monoisotopic (exact) mass is 289 g/mol. The summed E-state index contributed by atoms with van der Waals surface area (Å²) >= 11 is 0. The Bertz CT molecular complexity index is 496. The summed E-state index contributed by atoms with van der Waals surface area (Å²) in [6.07, 6.45) is 1.18. The summed E-state index contributed by atoms with van der Waals surface area (Å²) in [7, 11) is -0.754. The van der Waals surface area contributed by atoms with E-state index in [0.717, 1.165) is 16.5 Å². The van der Waals surface area contributed by atoms with E-state index in [1.165, 1.54) is 13.4 Å². The van der Waals surface area contributed by atoms with Gasteiger partial charge in [0.2, 0.25) is 0 Å². The van der Waals surface area contributed by atoms with Gasteiger partial charge in [-0.1, -0.05) is 0 Å². The number of hydrogen-bond acceptors (Lipinski definition) is 6. The molecule has 0 spiro atoms. The molecule has 1 aromatic carbocycles. The lowest BCUT2D eigenvalue weighted by Crippen LogP contribution is -2.06. The second-order valence-electron chi connectivity index (χ2n) is 3.52. The number of hydrogen-bond donors (Lipinski definition) is 1. The normalized spacial score (nSPS) is 11.0. The fourth-order valence-electron chi connectivity index (χ4n) is 1.23. The average Bonchev–Trinajstić information content (AvgIpc) is 2.33. The SMILES string of the molecule is COC(=O)c1ccc(NCCSS(C)(=O)=O)cc1. The smallest absolute Gasteiger partial charge is 0.337 e. The fraction of sp³-hybridized carbons (Fsp3) is 0.364. The molecule has 0 saturated heterocycles. The maximum atomic E-state index is 11.2. The van der Waals surface area contributed by atoms with Crippen LogP contribution in [0, 0.1) is 0 Å². The van der Waals surface area contributed by atoms with Crippen LogP contribution in [0.15, 0.2) is 24.3 Å². The maximum Gasteiger partial charge on any atom is 0.337 e. The van der Waals surface area contributed by atoms with Crippen molar-refractivity contribution in [3.63, 3.8) is 0 Å². The van der Waals surface area contributed by atoms with Gasteiger partial charge < -0.3 is 10.1 Å². The molecular formula is C11H15NO4S2. The van der Waals surface area contributed by atoms with Crippen LogP contribution >= 0.6 is 10.8 Å². The summed E-state index contributed by atoms with van der Waals surface area (Å²) in [5.74, 6) is 0.0894. The molecule has 1 aromatic rings. The third kappa shape index (κ3) is 5.42. The van der Waals surface area contributed by atoms with Gasteiger partial charge in [0.25, 0.3) is 0 Å². The molecule has 0 heterocycles. The van der Waals surface area contributed by atoms with Crippen LogP contribution in [0.3, 0.4) is 0 Å². The Balaban J connectivity index is 2.42. The maximum absolute atomic E-state index is 11.2. The highest BCUT2D eigenvalue weighted by Crippen LogP contribution is 2.12. The summed E-state index contributed by atoms with van der Waals surface area (Å²) in [6, 6.07) is 6.80. The molecule has 0 amide bonds. The van der Waals surface area contributed by atoms with Gasteiger partial charge in [-0.15, -0.1) is 0 Å². The van der Waals surface area contributed by atoms with Gasteiger partial charge in [0.05, 0.1) is 12.7 Å². The van der Waals surface area contributed by atoms with Gasteiger partial charge in [-0.25, -0.2) is 13.2 Å². The van der Waals surface area contributed by atoms with Crippen molar-refractivity contribution in [2.75, 3.05) is 31.0 Å². The first kappa shape index (κ1) is 14.8. The number of carbonyl (C=O) groups is 1. The second-order valence-corrected chi connectivity index (χ2v) is 8.10. The minimum Gasteiger partial charge on any atom is -0.465 e. The highest BCUT2D eigenvalue weighted by Gasteiger charge is 2.04. The molecule has 0 aliphatic rings. The van der Waals surface area contributed by atoms with Crippen LogP contribution in [0.2, 0.25) is 0 Å². The molecule has 5 nitrogen and oxygen atoms in total. The van der Waals surface area contributed by atoms with Crippen LogP contribution in [-0.4, -0.2) is 40.1 Å². The van der Waals surface area contributed by atoms with Crippen molar-refractivity contribution in [3.05, 3.63) is 29.8 Å². The van der Waals surface area contributed by atoms with Gasteiger partial charge in [-0.3, -0.25) is 0 Å². The molecule has 0 radical (unpaired) electrons. The average molecular weight is 289 g/mol. The number of esters is 1. The predicted octanol–water partition coefficient (Wildman–Crippen LogP) is 1.58. The van der Waals surface area contributed by atoms with E-state index < -0.39 is 8.87 Å². The quantitative estimate of drug-likeness (QED) is 0.487. The first-order valence-corrected chi connectivity index (χ1v) is 8.58. The number of rotatable bonds is 6. The molecule has 18 heavy (non-hydrogen) atoms. The standard InChI is InChI=1S/C11H15NO4S2/c1-16-11(13)9-3-5-10(6-4-9)12-7-8-17-18(2,14)15/h3-6,12H,7-8H2,1-2H3. The first-order chi connectivity index (χ1) is 8.42. The van der Waals surface area contributed by atoms with Crippen LogP contribution in [0.5, 0.6) is 0 Å². The van der Waals surface area contributed by atoms with Gasteiger partial charge in [0.1, 0.15) is 0 Å². The van der Waals surface area contributed by atoms with Gasteiger partial charge in [0.15, 0.2) is 8.87 Å². The highest BCUT2D eigenvalue weighted by molar-refractivity contribution is 8.71. The van der Waals surface area contributed by atoms with E-state index in [1.54, 1.807) is 24.3 Å². The molecule has 7 heteroatoms. The van der Waals surface area contributed by atoms with E-state index in [-0.39, 0.29) is 5.97 Å². The zero-order valence-corrected chi connectivity index (χ0v) is 11.8. The summed E-state index contributed by atoms with van der Waals surface area (Å²) in [6.45, 7) is 0.537. The van der Waals surface area contributed by atoms with Crippen LogP contribution in [0.4, 0.5) is 5.69 Å². The van der Waals surface area contributed by atoms with E-state index in [0.29, 0.717) is 17.9 Å². The van der Waals surface area contributed by atoms with Gasteiger partial charge in [0, 0.05) is 24.2 Å². The summed E-state index contributed by atoms with van der Waals surface area (Å²) in [5.41, 5.74) is 1.31. The van der Waals surface area contributed by atoms with Gasteiger partial charge in [-0.2, -0.15) is 0 Å².